The highest BCUT2D eigenvalue weighted by molar-refractivity contribution is 5.83. The van der Waals surface area contributed by atoms with E-state index in [0.717, 1.165) is 44.5 Å². The molecule has 1 aromatic rings. The topological polar surface area (TPSA) is 97.6 Å². The van der Waals surface area contributed by atoms with Gasteiger partial charge in [0.15, 0.2) is 0 Å². The Morgan fingerprint density at radius 2 is 1.92 bits per heavy atom. The monoisotopic (exact) mass is 360 g/mol. The maximum Gasteiger partial charge on any atom is 0.239 e. The van der Waals surface area contributed by atoms with Gasteiger partial charge >= 0.3 is 0 Å². The van der Waals surface area contributed by atoms with Gasteiger partial charge in [0.25, 0.3) is 0 Å². The number of hydrogen-bond donors (Lipinski definition) is 4. The number of amides is 1. The van der Waals surface area contributed by atoms with Gasteiger partial charge in [0, 0.05) is 31.8 Å². The average molecular weight is 360 g/mol. The first-order valence-corrected chi connectivity index (χ1v) is 9.51. The van der Waals surface area contributed by atoms with Crippen molar-refractivity contribution in [3.8, 4) is 0 Å². The van der Waals surface area contributed by atoms with Crippen LogP contribution in [0, 0.1) is 0 Å². The second-order valence-corrected chi connectivity index (χ2v) is 7.57. The van der Waals surface area contributed by atoms with Crippen LogP contribution >= 0.6 is 0 Å². The van der Waals surface area contributed by atoms with Crippen molar-refractivity contribution in [1.29, 1.82) is 0 Å². The summed E-state index contributed by atoms with van der Waals surface area (Å²) in [7, 11) is 0. The summed E-state index contributed by atoms with van der Waals surface area (Å²) in [4.78, 5) is 13.0. The van der Waals surface area contributed by atoms with E-state index in [-0.39, 0.29) is 35.7 Å². The van der Waals surface area contributed by atoms with Crippen LogP contribution in [-0.2, 0) is 14.3 Å². The first-order chi connectivity index (χ1) is 12.7. The van der Waals surface area contributed by atoms with Crippen molar-refractivity contribution in [3.05, 3.63) is 35.9 Å². The minimum absolute atomic E-state index is 0.00610. The van der Waals surface area contributed by atoms with Gasteiger partial charge in [0.2, 0.25) is 5.91 Å². The lowest BCUT2D eigenvalue weighted by Gasteiger charge is -2.43. The van der Waals surface area contributed by atoms with E-state index in [0.29, 0.717) is 6.61 Å². The quantitative estimate of drug-likeness (QED) is 0.622. The molecule has 3 fully saturated rings. The summed E-state index contributed by atoms with van der Waals surface area (Å²) in [5.41, 5.74) is 13.2. The highest BCUT2D eigenvalue weighted by atomic mass is 16.5. The van der Waals surface area contributed by atoms with Crippen LogP contribution < -0.4 is 21.9 Å². The fourth-order valence-electron chi connectivity index (χ4n) is 4.41. The van der Waals surface area contributed by atoms with Crippen molar-refractivity contribution < 1.29 is 14.3 Å². The Hall–Kier alpha value is -1.51. The zero-order chi connectivity index (χ0) is 18.0. The predicted octanol–water partition coefficient (Wildman–Crippen LogP) is 0.376. The van der Waals surface area contributed by atoms with Gasteiger partial charge in [0.05, 0.1) is 11.8 Å². The number of benzene rings is 1. The molecule has 1 aromatic carbocycles. The molecule has 26 heavy (non-hydrogen) atoms. The summed E-state index contributed by atoms with van der Waals surface area (Å²) in [6.07, 6.45) is 3.20. The number of nitrogens with two attached hydrogens (primary N) is 1. The Bertz CT molecular complexity index is 615. The van der Waals surface area contributed by atoms with Crippen LogP contribution in [0.2, 0.25) is 0 Å². The number of nitrogens with one attached hydrogen (secondary N) is 3. The molecule has 142 valence electrons. The van der Waals surface area contributed by atoms with E-state index in [4.69, 9.17) is 15.2 Å². The minimum atomic E-state index is -0.388. The lowest BCUT2D eigenvalue weighted by atomic mass is 9.83. The highest BCUT2D eigenvalue weighted by Crippen LogP contribution is 2.34. The van der Waals surface area contributed by atoms with E-state index >= 15 is 0 Å². The van der Waals surface area contributed by atoms with E-state index in [1.807, 2.05) is 30.3 Å². The van der Waals surface area contributed by atoms with Crippen LogP contribution in [0.4, 0.5) is 0 Å². The van der Waals surface area contributed by atoms with Gasteiger partial charge in [-0.25, -0.2) is 10.9 Å². The van der Waals surface area contributed by atoms with E-state index in [2.05, 4.69) is 16.2 Å². The number of rotatable bonds is 3. The van der Waals surface area contributed by atoms with Crippen LogP contribution in [0.5, 0.6) is 0 Å². The maximum atomic E-state index is 13.0. The van der Waals surface area contributed by atoms with Crippen LogP contribution in [-0.4, -0.2) is 49.6 Å². The van der Waals surface area contributed by atoms with Crippen LogP contribution in [0.25, 0.3) is 0 Å². The van der Waals surface area contributed by atoms with Gasteiger partial charge in [-0.1, -0.05) is 30.3 Å². The SMILES string of the molecule is NC1NNC(C(=O)NC2CCOC3(CCOCC3)C2)C1c1ccccc1. The smallest absolute Gasteiger partial charge is 0.239 e. The van der Waals surface area contributed by atoms with E-state index in [9.17, 15) is 4.79 Å². The van der Waals surface area contributed by atoms with Gasteiger partial charge in [-0.05, 0) is 31.2 Å². The molecule has 4 atom stereocenters. The van der Waals surface area contributed by atoms with Crippen LogP contribution in [0.1, 0.15) is 37.2 Å². The molecule has 3 heterocycles. The first-order valence-electron chi connectivity index (χ1n) is 9.51. The Morgan fingerprint density at radius 3 is 2.69 bits per heavy atom. The molecule has 7 nitrogen and oxygen atoms in total. The van der Waals surface area contributed by atoms with Crippen molar-refractivity contribution >= 4 is 5.91 Å². The molecule has 0 aromatic heterocycles. The molecule has 1 amide bonds. The third-order valence-corrected chi connectivity index (χ3v) is 5.86. The zero-order valence-corrected chi connectivity index (χ0v) is 14.9. The summed E-state index contributed by atoms with van der Waals surface area (Å²) in [5.74, 6) is -0.110. The molecule has 0 bridgehead atoms. The highest BCUT2D eigenvalue weighted by Gasteiger charge is 2.43. The van der Waals surface area contributed by atoms with E-state index in [1.165, 1.54) is 0 Å². The van der Waals surface area contributed by atoms with E-state index < -0.39 is 0 Å². The Balaban J connectivity index is 1.42. The Morgan fingerprint density at radius 1 is 1.15 bits per heavy atom. The molecule has 4 unspecified atom stereocenters. The van der Waals surface area contributed by atoms with E-state index in [1.54, 1.807) is 0 Å². The summed E-state index contributed by atoms with van der Waals surface area (Å²) in [6, 6.07) is 9.70. The van der Waals surface area contributed by atoms with Crippen molar-refractivity contribution in [2.24, 2.45) is 5.73 Å². The third kappa shape index (κ3) is 3.63. The third-order valence-electron chi connectivity index (χ3n) is 5.86. The molecule has 3 saturated heterocycles. The predicted molar refractivity (Wildman–Crippen MR) is 97.1 cm³/mol. The number of ether oxygens (including phenoxy) is 2. The van der Waals surface area contributed by atoms with Gasteiger partial charge in [-0.3, -0.25) is 4.79 Å². The van der Waals surface area contributed by atoms with Crippen LogP contribution in [0.15, 0.2) is 30.3 Å². The Labute approximate surface area is 154 Å². The van der Waals surface area contributed by atoms with Gasteiger partial charge in [0.1, 0.15) is 6.04 Å². The number of carbonyl (C=O) groups is 1. The molecule has 0 aliphatic carbocycles. The molecule has 4 rings (SSSR count). The Kier molecular flexibility index (Phi) is 5.24. The average Bonchev–Trinajstić information content (AvgIpc) is 3.05. The normalized spacial score (nSPS) is 33.9. The molecular formula is C19H28N4O3. The minimum Gasteiger partial charge on any atom is -0.381 e. The summed E-state index contributed by atoms with van der Waals surface area (Å²) >= 11 is 0. The molecular weight excluding hydrogens is 332 g/mol. The number of carbonyl (C=O) groups excluding carboxylic acids is 1. The van der Waals surface area contributed by atoms with Gasteiger partial charge in [-0.15, -0.1) is 0 Å². The standard InChI is InChI=1S/C19H28N4O3/c20-17-15(13-4-2-1-3-5-13)16(22-23-17)18(24)21-14-6-9-26-19(12-14)7-10-25-11-8-19/h1-5,14-17,22-23H,6-12,20H2,(H,21,24). The van der Waals surface area contributed by atoms with Crippen molar-refractivity contribution in [3.63, 3.8) is 0 Å². The number of hydrazine groups is 1. The summed E-state index contributed by atoms with van der Waals surface area (Å²) < 4.78 is 11.5. The zero-order valence-electron chi connectivity index (χ0n) is 14.9. The second kappa shape index (κ2) is 7.62. The molecule has 5 N–H and O–H groups in total. The van der Waals surface area contributed by atoms with Crippen LogP contribution in [0.3, 0.4) is 0 Å². The largest absolute Gasteiger partial charge is 0.381 e. The van der Waals surface area contributed by atoms with Gasteiger partial charge < -0.3 is 20.5 Å². The lowest BCUT2D eigenvalue weighted by Crippen LogP contribution is -2.54. The van der Waals surface area contributed by atoms with Crippen molar-refractivity contribution in [1.82, 2.24) is 16.2 Å². The van der Waals surface area contributed by atoms with Gasteiger partial charge in [-0.2, -0.15) is 0 Å². The molecule has 1 spiro atoms. The molecule has 0 radical (unpaired) electrons. The molecule has 3 aliphatic rings. The molecule has 7 heteroatoms. The summed E-state index contributed by atoms with van der Waals surface area (Å²) in [5, 5.41) is 3.23. The summed E-state index contributed by atoms with van der Waals surface area (Å²) in [6.45, 7) is 2.16. The molecule has 3 aliphatic heterocycles. The number of hydrogen-bond acceptors (Lipinski definition) is 6. The van der Waals surface area contributed by atoms with Crippen molar-refractivity contribution in [2.45, 2.75) is 55.5 Å². The fourth-order valence-corrected chi connectivity index (χ4v) is 4.41. The lowest BCUT2D eigenvalue weighted by molar-refractivity contribution is -0.144. The first kappa shape index (κ1) is 17.9. The fraction of sp³-hybridized carbons (Fsp3) is 0.632. The maximum absolute atomic E-state index is 13.0. The molecule has 0 saturated carbocycles. The van der Waals surface area contributed by atoms with Crippen molar-refractivity contribution in [2.75, 3.05) is 19.8 Å². The second-order valence-electron chi connectivity index (χ2n) is 7.57.